The SMILES string of the molecule is Cc1noc(C)c1C(=O)N1CCCC(c2nc3ccccc3c(=O)[nH]2)C1. The number of likely N-dealkylation sites (tertiary alicyclic amines) is 1. The van der Waals surface area contributed by atoms with Gasteiger partial charge in [0.05, 0.1) is 16.6 Å². The summed E-state index contributed by atoms with van der Waals surface area (Å²) in [7, 11) is 0. The second kappa shape index (κ2) is 6.40. The third-order valence-electron chi connectivity index (χ3n) is 4.97. The van der Waals surface area contributed by atoms with Gasteiger partial charge in [-0.15, -0.1) is 0 Å². The highest BCUT2D eigenvalue weighted by Gasteiger charge is 2.30. The lowest BCUT2D eigenvalue weighted by molar-refractivity contribution is 0.0702. The number of H-pyrrole nitrogens is 1. The summed E-state index contributed by atoms with van der Waals surface area (Å²) in [5.41, 5.74) is 1.68. The number of aromatic nitrogens is 3. The summed E-state index contributed by atoms with van der Waals surface area (Å²) >= 11 is 0. The molecule has 1 aliphatic rings. The zero-order valence-electron chi connectivity index (χ0n) is 14.8. The second-order valence-electron chi connectivity index (χ2n) is 6.76. The van der Waals surface area contributed by atoms with Crippen LogP contribution in [-0.4, -0.2) is 39.0 Å². The van der Waals surface area contributed by atoms with Gasteiger partial charge in [-0.05, 0) is 38.8 Å². The van der Waals surface area contributed by atoms with Gasteiger partial charge in [-0.2, -0.15) is 0 Å². The summed E-state index contributed by atoms with van der Waals surface area (Å²) in [6.45, 7) is 4.71. The van der Waals surface area contributed by atoms with E-state index in [1.165, 1.54) is 0 Å². The number of hydrogen-bond acceptors (Lipinski definition) is 5. The van der Waals surface area contributed by atoms with Crippen molar-refractivity contribution in [3.63, 3.8) is 0 Å². The van der Waals surface area contributed by atoms with Crippen molar-refractivity contribution < 1.29 is 9.32 Å². The van der Waals surface area contributed by atoms with Crippen LogP contribution in [0.25, 0.3) is 10.9 Å². The van der Waals surface area contributed by atoms with Crippen molar-refractivity contribution in [1.29, 1.82) is 0 Å². The molecule has 2 aromatic heterocycles. The van der Waals surface area contributed by atoms with Crippen molar-refractivity contribution >= 4 is 16.8 Å². The molecule has 0 bridgehead atoms. The minimum absolute atomic E-state index is 0.00507. The first-order chi connectivity index (χ1) is 12.5. The Bertz CT molecular complexity index is 1020. The minimum atomic E-state index is -0.139. The van der Waals surface area contributed by atoms with Crippen LogP contribution in [0.2, 0.25) is 0 Å². The molecular weight excluding hydrogens is 332 g/mol. The van der Waals surface area contributed by atoms with Crippen LogP contribution in [-0.2, 0) is 0 Å². The third kappa shape index (κ3) is 2.79. The molecule has 1 atom stereocenters. The molecule has 1 amide bonds. The average molecular weight is 352 g/mol. The summed E-state index contributed by atoms with van der Waals surface area (Å²) in [5, 5.41) is 4.45. The fourth-order valence-electron chi connectivity index (χ4n) is 3.63. The zero-order valence-corrected chi connectivity index (χ0v) is 14.8. The fourth-order valence-corrected chi connectivity index (χ4v) is 3.63. The van der Waals surface area contributed by atoms with Gasteiger partial charge in [0.15, 0.2) is 0 Å². The number of hydrogen-bond donors (Lipinski definition) is 1. The van der Waals surface area contributed by atoms with Gasteiger partial charge >= 0.3 is 0 Å². The van der Waals surface area contributed by atoms with E-state index in [-0.39, 0.29) is 17.4 Å². The monoisotopic (exact) mass is 352 g/mol. The van der Waals surface area contributed by atoms with Gasteiger partial charge in [-0.1, -0.05) is 17.3 Å². The zero-order chi connectivity index (χ0) is 18.3. The number of para-hydroxylation sites is 1. The lowest BCUT2D eigenvalue weighted by Crippen LogP contribution is -2.40. The highest BCUT2D eigenvalue weighted by Crippen LogP contribution is 2.27. The smallest absolute Gasteiger partial charge is 0.259 e. The van der Waals surface area contributed by atoms with Crippen molar-refractivity contribution in [2.45, 2.75) is 32.6 Å². The van der Waals surface area contributed by atoms with Crippen molar-refractivity contribution in [2.24, 2.45) is 0 Å². The van der Waals surface area contributed by atoms with Crippen molar-refractivity contribution in [3.8, 4) is 0 Å². The van der Waals surface area contributed by atoms with Crippen LogP contribution in [0.5, 0.6) is 0 Å². The van der Waals surface area contributed by atoms with E-state index in [2.05, 4.69) is 15.1 Å². The van der Waals surface area contributed by atoms with E-state index in [1.807, 2.05) is 18.2 Å². The predicted molar refractivity (Wildman–Crippen MR) is 96.2 cm³/mol. The van der Waals surface area contributed by atoms with E-state index in [0.29, 0.717) is 46.8 Å². The highest BCUT2D eigenvalue weighted by molar-refractivity contribution is 5.96. The summed E-state index contributed by atoms with van der Waals surface area (Å²) < 4.78 is 5.13. The number of rotatable bonds is 2. The van der Waals surface area contributed by atoms with Crippen LogP contribution in [0.4, 0.5) is 0 Å². The van der Waals surface area contributed by atoms with Gasteiger partial charge in [-0.25, -0.2) is 4.98 Å². The number of fused-ring (bicyclic) bond motifs is 1. The molecule has 3 heterocycles. The first kappa shape index (κ1) is 16.5. The van der Waals surface area contributed by atoms with Crippen LogP contribution >= 0.6 is 0 Å². The third-order valence-corrected chi connectivity index (χ3v) is 4.97. The Morgan fingerprint density at radius 1 is 1.31 bits per heavy atom. The molecule has 1 aromatic carbocycles. The van der Waals surface area contributed by atoms with Crippen LogP contribution in [0.3, 0.4) is 0 Å². The molecule has 134 valence electrons. The molecule has 7 nitrogen and oxygen atoms in total. The first-order valence-electron chi connectivity index (χ1n) is 8.75. The van der Waals surface area contributed by atoms with E-state index in [0.717, 1.165) is 12.8 Å². The molecule has 0 saturated carbocycles. The maximum atomic E-state index is 12.9. The molecule has 3 aromatic rings. The van der Waals surface area contributed by atoms with E-state index in [1.54, 1.807) is 24.8 Å². The van der Waals surface area contributed by atoms with Gasteiger partial charge in [0.25, 0.3) is 11.5 Å². The molecule has 1 aliphatic heterocycles. The number of nitrogens with zero attached hydrogens (tertiary/aromatic N) is 3. The number of nitrogens with one attached hydrogen (secondary N) is 1. The summed E-state index contributed by atoms with van der Waals surface area (Å²) in [6.07, 6.45) is 1.74. The van der Waals surface area contributed by atoms with Gasteiger partial charge in [-0.3, -0.25) is 9.59 Å². The predicted octanol–water partition coefficient (Wildman–Crippen LogP) is 2.55. The number of carbonyl (C=O) groups excluding carboxylic acids is 1. The molecule has 0 aliphatic carbocycles. The second-order valence-corrected chi connectivity index (χ2v) is 6.76. The summed E-state index contributed by atoms with van der Waals surface area (Å²) in [5.74, 6) is 1.11. The average Bonchev–Trinajstić information content (AvgIpc) is 2.99. The molecular formula is C19H20N4O3. The Kier molecular flexibility index (Phi) is 4.06. The van der Waals surface area contributed by atoms with Crippen LogP contribution < -0.4 is 5.56 Å². The van der Waals surface area contributed by atoms with Gasteiger partial charge in [0, 0.05) is 19.0 Å². The quantitative estimate of drug-likeness (QED) is 0.765. The summed E-state index contributed by atoms with van der Waals surface area (Å²) in [6, 6.07) is 7.29. The fraction of sp³-hybridized carbons (Fsp3) is 0.368. The van der Waals surface area contributed by atoms with Gasteiger partial charge in [0.1, 0.15) is 17.1 Å². The van der Waals surface area contributed by atoms with E-state index >= 15 is 0 Å². The molecule has 1 fully saturated rings. The molecule has 0 radical (unpaired) electrons. The topological polar surface area (TPSA) is 92.1 Å². The normalized spacial score (nSPS) is 17.6. The van der Waals surface area contributed by atoms with E-state index < -0.39 is 0 Å². The maximum Gasteiger partial charge on any atom is 0.259 e. The van der Waals surface area contributed by atoms with Crippen LogP contribution in [0, 0.1) is 13.8 Å². The van der Waals surface area contributed by atoms with Gasteiger partial charge < -0.3 is 14.4 Å². The molecule has 0 spiro atoms. The molecule has 4 rings (SSSR count). The Morgan fingerprint density at radius 2 is 2.12 bits per heavy atom. The Hall–Kier alpha value is -2.96. The first-order valence-corrected chi connectivity index (χ1v) is 8.75. The number of carbonyl (C=O) groups is 1. The van der Waals surface area contributed by atoms with Gasteiger partial charge in [0.2, 0.25) is 0 Å². The van der Waals surface area contributed by atoms with E-state index in [4.69, 9.17) is 4.52 Å². The van der Waals surface area contributed by atoms with Crippen LogP contribution in [0.15, 0.2) is 33.6 Å². The number of aryl methyl sites for hydroxylation is 2. The Labute approximate surface area is 150 Å². The molecule has 1 saturated heterocycles. The van der Waals surface area contributed by atoms with Crippen molar-refractivity contribution in [2.75, 3.05) is 13.1 Å². The maximum absolute atomic E-state index is 12.9. The summed E-state index contributed by atoms with van der Waals surface area (Å²) in [4.78, 5) is 34.6. The number of aromatic amines is 1. The van der Waals surface area contributed by atoms with Crippen molar-refractivity contribution in [1.82, 2.24) is 20.0 Å². The lowest BCUT2D eigenvalue weighted by atomic mass is 9.96. The molecule has 1 unspecified atom stereocenters. The Balaban J connectivity index is 1.63. The number of benzene rings is 1. The highest BCUT2D eigenvalue weighted by atomic mass is 16.5. The van der Waals surface area contributed by atoms with E-state index in [9.17, 15) is 9.59 Å². The Morgan fingerprint density at radius 3 is 2.88 bits per heavy atom. The largest absolute Gasteiger partial charge is 0.361 e. The lowest BCUT2D eigenvalue weighted by Gasteiger charge is -2.32. The van der Waals surface area contributed by atoms with Crippen molar-refractivity contribution in [3.05, 3.63) is 57.5 Å². The van der Waals surface area contributed by atoms with Crippen LogP contribution in [0.1, 0.15) is 46.4 Å². The molecule has 7 heteroatoms. The molecule has 26 heavy (non-hydrogen) atoms. The number of amides is 1. The standard InChI is InChI=1S/C19H20N4O3/c1-11-16(12(2)26-22-11)19(25)23-9-5-6-13(10-23)17-20-15-8-4-3-7-14(15)18(24)21-17/h3-4,7-8,13H,5-6,9-10H2,1-2H3,(H,20,21,24). The minimum Gasteiger partial charge on any atom is -0.361 e. The number of piperidine rings is 1. The molecule has 1 N–H and O–H groups in total.